The second-order valence-corrected chi connectivity index (χ2v) is 5.94. The Labute approximate surface area is 117 Å². The number of rotatable bonds is 3. The minimum absolute atomic E-state index is 0.235. The van der Waals surface area contributed by atoms with Crippen molar-refractivity contribution in [1.29, 1.82) is 0 Å². The minimum atomic E-state index is -0.412. The summed E-state index contributed by atoms with van der Waals surface area (Å²) in [6.07, 6.45) is 0. The number of H-pyrrole nitrogens is 1. The van der Waals surface area contributed by atoms with Gasteiger partial charge in [-0.1, -0.05) is 12.1 Å². The Bertz CT molecular complexity index is 717. The number of nitrogens with zero attached hydrogens (tertiary/aromatic N) is 1. The van der Waals surface area contributed by atoms with Crippen LogP contribution in [-0.4, -0.2) is 10.2 Å². The van der Waals surface area contributed by atoms with Crippen molar-refractivity contribution in [1.82, 2.24) is 10.2 Å². The van der Waals surface area contributed by atoms with E-state index in [1.54, 1.807) is 28.7 Å². The predicted octanol–water partition coefficient (Wildman–Crippen LogP) is 2.61. The van der Waals surface area contributed by atoms with Gasteiger partial charge in [0.15, 0.2) is 0 Å². The molecule has 0 amide bonds. The maximum atomic E-state index is 11.9. The Morgan fingerprint density at radius 2 is 2.00 bits per heavy atom. The standard InChI is InChI=1S/C13H11N3OS2/c14-12(11-4-2-6-19-11)8-7-9(15-16-13(8)17)10-3-1-5-18-10/h1-7,12H,14H2,(H,16,17). The highest BCUT2D eigenvalue weighted by molar-refractivity contribution is 7.13. The fraction of sp³-hybridized carbons (Fsp3) is 0.0769. The van der Waals surface area contributed by atoms with Crippen LogP contribution in [0.1, 0.15) is 16.5 Å². The molecule has 1 atom stereocenters. The highest BCUT2D eigenvalue weighted by Gasteiger charge is 2.15. The lowest BCUT2D eigenvalue weighted by Gasteiger charge is -2.09. The van der Waals surface area contributed by atoms with Crippen LogP contribution in [0, 0.1) is 0 Å². The molecule has 0 radical (unpaired) electrons. The van der Waals surface area contributed by atoms with Crippen molar-refractivity contribution in [2.45, 2.75) is 6.04 Å². The number of hydrogen-bond acceptors (Lipinski definition) is 5. The van der Waals surface area contributed by atoms with Crippen LogP contribution in [-0.2, 0) is 0 Å². The van der Waals surface area contributed by atoms with E-state index in [0.717, 1.165) is 15.4 Å². The Morgan fingerprint density at radius 1 is 1.21 bits per heavy atom. The normalized spacial score (nSPS) is 12.5. The summed E-state index contributed by atoms with van der Waals surface area (Å²) in [4.78, 5) is 13.9. The van der Waals surface area contributed by atoms with E-state index in [0.29, 0.717) is 5.56 Å². The van der Waals surface area contributed by atoms with Crippen molar-refractivity contribution >= 4 is 22.7 Å². The summed E-state index contributed by atoms with van der Waals surface area (Å²) in [5.41, 5.74) is 7.20. The van der Waals surface area contributed by atoms with Crippen LogP contribution in [0.2, 0.25) is 0 Å². The molecular weight excluding hydrogens is 278 g/mol. The van der Waals surface area contributed by atoms with Gasteiger partial charge in [0.1, 0.15) is 5.69 Å². The fourth-order valence-corrected chi connectivity index (χ4v) is 3.25. The van der Waals surface area contributed by atoms with Crippen molar-refractivity contribution < 1.29 is 0 Å². The summed E-state index contributed by atoms with van der Waals surface area (Å²) in [6.45, 7) is 0. The molecule has 3 aromatic rings. The van der Waals surface area contributed by atoms with Crippen molar-refractivity contribution in [2.24, 2.45) is 5.73 Å². The van der Waals surface area contributed by atoms with Gasteiger partial charge in [-0.25, -0.2) is 5.10 Å². The third kappa shape index (κ3) is 2.37. The molecule has 0 aliphatic rings. The predicted molar refractivity (Wildman–Crippen MR) is 78.5 cm³/mol. The minimum Gasteiger partial charge on any atom is -0.319 e. The van der Waals surface area contributed by atoms with Crippen LogP contribution in [0.15, 0.2) is 45.9 Å². The largest absolute Gasteiger partial charge is 0.319 e. The third-order valence-electron chi connectivity index (χ3n) is 2.79. The van der Waals surface area contributed by atoms with E-state index in [2.05, 4.69) is 10.2 Å². The number of nitrogens with one attached hydrogen (secondary N) is 1. The number of nitrogens with two attached hydrogens (primary N) is 1. The van der Waals surface area contributed by atoms with Gasteiger partial charge in [0, 0.05) is 10.4 Å². The zero-order valence-corrected chi connectivity index (χ0v) is 11.5. The molecule has 0 aromatic carbocycles. The molecule has 0 spiro atoms. The first kappa shape index (κ1) is 12.3. The molecule has 0 aliphatic heterocycles. The Hall–Kier alpha value is -1.76. The average molecular weight is 289 g/mol. The monoisotopic (exact) mass is 289 g/mol. The Morgan fingerprint density at radius 3 is 2.68 bits per heavy atom. The number of thiophene rings is 2. The van der Waals surface area contributed by atoms with Gasteiger partial charge in [-0.15, -0.1) is 22.7 Å². The lowest BCUT2D eigenvalue weighted by molar-refractivity contribution is 0.843. The van der Waals surface area contributed by atoms with E-state index in [9.17, 15) is 4.79 Å². The first-order chi connectivity index (χ1) is 9.25. The lowest BCUT2D eigenvalue weighted by Crippen LogP contribution is -2.23. The van der Waals surface area contributed by atoms with Gasteiger partial charge in [-0.3, -0.25) is 4.79 Å². The van der Waals surface area contributed by atoms with Crippen LogP contribution in [0.5, 0.6) is 0 Å². The maximum absolute atomic E-state index is 11.9. The smallest absolute Gasteiger partial charge is 0.269 e. The SMILES string of the molecule is NC(c1cccs1)c1cc(-c2cccs2)n[nH]c1=O. The van der Waals surface area contributed by atoms with Gasteiger partial charge in [0.05, 0.1) is 10.9 Å². The molecule has 0 aliphatic carbocycles. The number of aromatic nitrogens is 2. The van der Waals surface area contributed by atoms with Crippen molar-refractivity contribution in [3.63, 3.8) is 0 Å². The summed E-state index contributed by atoms with van der Waals surface area (Å²) in [5, 5.41) is 10.5. The van der Waals surface area contributed by atoms with Crippen LogP contribution in [0.4, 0.5) is 0 Å². The molecule has 0 saturated carbocycles. The van der Waals surface area contributed by atoms with Gasteiger partial charge in [0.25, 0.3) is 5.56 Å². The van der Waals surface area contributed by atoms with Gasteiger partial charge >= 0.3 is 0 Å². The number of aromatic amines is 1. The highest BCUT2D eigenvalue weighted by atomic mass is 32.1. The van der Waals surface area contributed by atoms with Crippen molar-refractivity contribution in [3.8, 4) is 10.6 Å². The van der Waals surface area contributed by atoms with Gasteiger partial charge in [-0.05, 0) is 29.0 Å². The highest BCUT2D eigenvalue weighted by Crippen LogP contribution is 2.26. The zero-order chi connectivity index (χ0) is 13.2. The van der Waals surface area contributed by atoms with Gasteiger partial charge < -0.3 is 5.73 Å². The molecule has 1 unspecified atom stereocenters. The topological polar surface area (TPSA) is 71.8 Å². The molecule has 0 bridgehead atoms. The van der Waals surface area contributed by atoms with Gasteiger partial charge in [0.2, 0.25) is 0 Å². The second-order valence-electron chi connectivity index (χ2n) is 4.01. The van der Waals surface area contributed by atoms with Crippen molar-refractivity contribution in [3.05, 3.63) is 61.9 Å². The van der Waals surface area contributed by atoms with E-state index in [4.69, 9.17) is 5.73 Å². The second kappa shape index (κ2) is 5.08. The van der Waals surface area contributed by atoms with Gasteiger partial charge in [-0.2, -0.15) is 5.10 Å². The summed E-state index contributed by atoms with van der Waals surface area (Å²) in [5.74, 6) is 0. The molecule has 3 aromatic heterocycles. The number of hydrogen-bond donors (Lipinski definition) is 2. The van der Waals surface area contributed by atoms with Crippen molar-refractivity contribution in [2.75, 3.05) is 0 Å². The summed E-state index contributed by atoms with van der Waals surface area (Å²) in [6, 6.07) is 9.13. The Kier molecular flexibility index (Phi) is 3.29. The zero-order valence-electron chi connectivity index (χ0n) is 9.87. The molecule has 0 saturated heterocycles. The van der Waals surface area contributed by atoms with Crippen LogP contribution < -0.4 is 11.3 Å². The average Bonchev–Trinajstić information content (AvgIpc) is 3.11. The third-order valence-corrected chi connectivity index (χ3v) is 4.64. The van der Waals surface area contributed by atoms with E-state index >= 15 is 0 Å². The molecule has 96 valence electrons. The fourth-order valence-electron chi connectivity index (χ4n) is 1.82. The molecule has 19 heavy (non-hydrogen) atoms. The summed E-state index contributed by atoms with van der Waals surface area (Å²) in [7, 11) is 0. The molecule has 6 heteroatoms. The lowest BCUT2D eigenvalue weighted by atomic mass is 10.1. The maximum Gasteiger partial charge on any atom is 0.269 e. The quantitative estimate of drug-likeness (QED) is 0.778. The van der Waals surface area contributed by atoms with E-state index in [1.165, 1.54) is 0 Å². The Balaban J connectivity index is 2.06. The molecule has 0 fully saturated rings. The molecule has 4 nitrogen and oxygen atoms in total. The van der Waals surface area contributed by atoms with Crippen LogP contribution in [0.3, 0.4) is 0 Å². The van der Waals surface area contributed by atoms with E-state index in [-0.39, 0.29) is 5.56 Å². The first-order valence-corrected chi connectivity index (χ1v) is 7.44. The summed E-state index contributed by atoms with van der Waals surface area (Å²) >= 11 is 3.12. The van der Waals surface area contributed by atoms with E-state index < -0.39 is 6.04 Å². The van der Waals surface area contributed by atoms with Crippen LogP contribution >= 0.6 is 22.7 Å². The molecule has 3 rings (SSSR count). The molecule has 3 N–H and O–H groups in total. The summed E-state index contributed by atoms with van der Waals surface area (Å²) < 4.78 is 0. The first-order valence-electron chi connectivity index (χ1n) is 5.68. The van der Waals surface area contributed by atoms with Crippen LogP contribution in [0.25, 0.3) is 10.6 Å². The molecular formula is C13H11N3OS2. The van der Waals surface area contributed by atoms with E-state index in [1.807, 2.05) is 35.0 Å². The molecule has 3 heterocycles.